The molecule has 0 saturated carbocycles. The van der Waals surface area contributed by atoms with Crippen LogP contribution >= 0.6 is 15.9 Å². The van der Waals surface area contributed by atoms with Gasteiger partial charge in [-0.2, -0.15) is 0 Å². The molecule has 0 radical (unpaired) electrons. The molecule has 1 aromatic heterocycles. The highest BCUT2D eigenvalue weighted by Crippen LogP contribution is 2.26. The van der Waals surface area contributed by atoms with E-state index in [0.717, 1.165) is 10.0 Å². The average Bonchev–Trinajstić information content (AvgIpc) is 2.38. The maximum Gasteiger partial charge on any atom is 0.354 e. The SMILES string of the molecule is Cc1ccc(OCc2cccc(C(=O)O)n2)c(Br)c1. The number of aromatic nitrogens is 1. The maximum atomic E-state index is 10.8. The van der Waals surface area contributed by atoms with E-state index in [0.29, 0.717) is 11.4 Å². The summed E-state index contributed by atoms with van der Waals surface area (Å²) < 4.78 is 6.47. The van der Waals surface area contributed by atoms with Crippen LogP contribution in [0.15, 0.2) is 40.9 Å². The van der Waals surface area contributed by atoms with Gasteiger partial charge >= 0.3 is 5.97 Å². The smallest absolute Gasteiger partial charge is 0.354 e. The molecule has 0 fully saturated rings. The summed E-state index contributed by atoms with van der Waals surface area (Å²) in [6.45, 7) is 2.22. The van der Waals surface area contributed by atoms with Crippen molar-refractivity contribution in [3.63, 3.8) is 0 Å². The number of ether oxygens (including phenoxy) is 1. The van der Waals surface area contributed by atoms with Crippen molar-refractivity contribution in [3.05, 3.63) is 57.8 Å². The number of hydrogen-bond acceptors (Lipinski definition) is 3. The molecule has 0 amide bonds. The second-order valence-corrected chi connectivity index (χ2v) is 4.90. The Balaban J connectivity index is 2.10. The van der Waals surface area contributed by atoms with Gasteiger partial charge in [-0.15, -0.1) is 0 Å². The number of carboxylic acids is 1. The normalized spacial score (nSPS) is 10.2. The maximum absolute atomic E-state index is 10.8. The van der Waals surface area contributed by atoms with Crippen LogP contribution in [0.3, 0.4) is 0 Å². The largest absolute Gasteiger partial charge is 0.486 e. The van der Waals surface area contributed by atoms with Gasteiger partial charge in [-0.3, -0.25) is 0 Å². The van der Waals surface area contributed by atoms with Gasteiger partial charge in [0.05, 0.1) is 10.2 Å². The van der Waals surface area contributed by atoms with Crippen LogP contribution in [0.4, 0.5) is 0 Å². The molecule has 0 aliphatic rings. The van der Waals surface area contributed by atoms with Crippen molar-refractivity contribution < 1.29 is 14.6 Å². The van der Waals surface area contributed by atoms with Crippen molar-refractivity contribution in [2.45, 2.75) is 13.5 Å². The minimum absolute atomic E-state index is 0.0177. The topological polar surface area (TPSA) is 59.4 Å². The molecule has 0 saturated heterocycles. The minimum Gasteiger partial charge on any atom is -0.486 e. The molecular formula is C14H12BrNO3. The van der Waals surface area contributed by atoms with Crippen LogP contribution in [-0.4, -0.2) is 16.1 Å². The average molecular weight is 322 g/mol. The molecule has 4 nitrogen and oxygen atoms in total. The van der Waals surface area contributed by atoms with Gasteiger partial charge in [-0.05, 0) is 52.7 Å². The van der Waals surface area contributed by atoms with Gasteiger partial charge in [0.15, 0.2) is 0 Å². The van der Waals surface area contributed by atoms with E-state index in [1.54, 1.807) is 12.1 Å². The molecule has 0 aliphatic heterocycles. The molecule has 1 aromatic carbocycles. The van der Waals surface area contributed by atoms with Crippen molar-refractivity contribution in [2.75, 3.05) is 0 Å². The number of benzene rings is 1. The van der Waals surface area contributed by atoms with Crippen molar-refractivity contribution in [2.24, 2.45) is 0 Å². The van der Waals surface area contributed by atoms with E-state index in [1.807, 2.05) is 25.1 Å². The van der Waals surface area contributed by atoms with Crippen molar-refractivity contribution in [1.29, 1.82) is 0 Å². The number of nitrogens with zero attached hydrogens (tertiary/aromatic N) is 1. The van der Waals surface area contributed by atoms with Crippen molar-refractivity contribution in [3.8, 4) is 5.75 Å². The van der Waals surface area contributed by atoms with Gasteiger partial charge in [-0.25, -0.2) is 9.78 Å². The van der Waals surface area contributed by atoms with Gasteiger partial charge in [0.25, 0.3) is 0 Å². The number of hydrogen-bond donors (Lipinski definition) is 1. The zero-order chi connectivity index (χ0) is 13.8. The zero-order valence-corrected chi connectivity index (χ0v) is 11.8. The van der Waals surface area contributed by atoms with Crippen LogP contribution in [0.2, 0.25) is 0 Å². The van der Waals surface area contributed by atoms with Gasteiger partial charge in [0.2, 0.25) is 0 Å². The third-order valence-corrected chi connectivity index (χ3v) is 3.11. The van der Waals surface area contributed by atoms with Crippen LogP contribution < -0.4 is 4.74 Å². The lowest BCUT2D eigenvalue weighted by Crippen LogP contribution is -2.05. The molecule has 0 aliphatic carbocycles. The third-order valence-electron chi connectivity index (χ3n) is 2.49. The lowest BCUT2D eigenvalue weighted by molar-refractivity contribution is 0.0690. The first-order valence-corrected chi connectivity index (χ1v) is 6.44. The molecule has 5 heteroatoms. The summed E-state index contributed by atoms with van der Waals surface area (Å²) in [4.78, 5) is 14.8. The number of carbonyl (C=O) groups is 1. The molecule has 2 aromatic rings. The quantitative estimate of drug-likeness (QED) is 0.937. The van der Waals surface area contributed by atoms with Crippen molar-refractivity contribution in [1.82, 2.24) is 4.98 Å². The molecule has 1 N–H and O–H groups in total. The van der Waals surface area contributed by atoms with Crippen LogP contribution in [-0.2, 0) is 6.61 Å². The van der Waals surface area contributed by atoms with Gasteiger partial charge in [-0.1, -0.05) is 12.1 Å². The zero-order valence-electron chi connectivity index (χ0n) is 10.3. The predicted molar refractivity (Wildman–Crippen MR) is 74.4 cm³/mol. The van der Waals surface area contributed by atoms with Gasteiger partial charge in [0, 0.05) is 0 Å². The van der Waals surface area contributed by atoms with Crippen LogP contribution in [0.25, 0.3) is 0 Å². The Bertz CT molecular complexity index is 613. The molecule has 1 heterocycles. The first-order chi connectivity index (χ1) is 9.06. The van der Waals surface area contributed by atoms with E-state index in [4.69, 9.17) is 9.84 Å². The first kappa shape index (κ1) is 13.5. The first-order valence-electron chi connectivity index (χ1n) is 5.64. The lowest BCUT2D eigenvalue weighted by atomic mass is 10.2. The Morgan fingerprint density at radius 3 is 2.84 bits per heavy atom. The Labute approximate surface area is 119 Å². The van der Waals surface area contributed by atoms with Gasteiger partial charge in [0.1, 0.15) is 18.1 Å². The fraction of sp³-hybridized carbons (Fsp3) is 0.143. The summed E-state index contributed by atoms with van der Waals surface area (Å²) in [6.07, 6.45) is 0. The third kappa shape index (κ3) is 3.54. The van der Waals surface area contributed by atoms with Gasteiger partial charge < -0.3 is 9.84 Å². The molecule has 2 rings (SSSR count). The monoisotopic (exact) mass is 321 g/mol. The van der Waals surface area contributed by atoms with Crippen LogP contribution in [0.5, 0.6) is 5.75 Å². The number of aryl methyl sites for hydroxylation is 1. The Morgan fingerprint density at radius 1 is 1.37 bits per heavy atom. The highest BCUT2D eigenvalue weighted by atomic mass is 79.9. The summed E-state index contributed by atoms with van der Waals surface area (Å²) in [6, 6.07) is 10.6. The molecule has 0 atom stereocenters. The van der Waals surface area contributed by atoms with E-state index >= 15 is 0 Å². The fourth-order valence-corrected chi connectivity index (χ4v) is 2.16. The Hall–Kier alpha value is -1.88. The predicted octanol–water partition coefficient (Wildman–Crippen LogP) is 3.43. The van der Waals surface area contributed by atoms with E-state index in [2.05, 4.69) is 20.9 Å². The highest BCUT2D eigenvalue weighted by Gasteiger charge is 2.06. The fourth-order valence-electron chi connectivity index (χ4n) is 1.55. The Kier molecular flexibility index (Phi) is 4.16. The molecular weight excluding hydrogens is 310 g/mol. The number of pyridine rings is 1. The molecule has 19 heavy (non-hydrogen) atoms. The van der Waals surface area contributed by atoms with Crippen LogP contribution in [0.1, 0.15) is 21.7 Å². The van der Waals surface area contributed by atoms with Crippen molar-refractivity contribution >= 4 is 21.9 Å². The lowest BCUT2D eigenvalue weighted by Gasteiger charge is -2.08. The van der Waals surface area contributed by atoms with E-state index in [9.17, 15) is 4.79 Å². The number of aromatic carboxylic acids is 1. The number of halogens is 1. The second kappa shape index (κ2) is 5.84. The molecule has 0 unspecified atom stereocenters. The van der Waals surface area contributed by atoms with E-state index in [-0.39, 0.29) is 12.3 Å². The molecule has 98 valence electrons. The second-order valence-electron chi connectivity index (χ2n) is 4.04. The summed E-state index contributed by atoms with van der Waals surface area (Å²) in [5.74, 6) is -0.341. The van der Waals surface area contributed by atoms with E-state index in [1.165, 1.54) is 6.07 Å². The summed E-state index contributed by atoms with van der Waals surface area (Å²) in [5, 5.41) is 8.86. The highest BCUT2D eigenvalue weighted by molar-refractivity contribution is 9.10. The number of carboxylic acid groups (broad SMARTS) is 1. The summed E-state index contributed by atoms with van der Waals surface area (Å²) in [7, 11) is 0. The van der Waals surface area contributed by atoms with E-state index < -0.39 is 5.97 Å². The number of rotatable bonds is 4. The summed E-state index contributed by atoms with van der Waals surface area (Å²) in [5.41, 5.74) is 1.72. The Morgan fingerprint density at radius 2 is 2.16 bits per heavy atom. The molecule has 0 bridgehead atoms. The minimum atomic E-state index is -1.04. The standard InChI is InChI=1S/C14H12BrNO3/c1-9-5-6-13(11(15)7-9)19-8-10-3-2-4-12(16-10)14(17)18/h2-7H,8H2,1H3,(H,17,18). The van der Waals surface area contributed by atoms with Crippen LogP contribution in [0, 0.1) is 6.92 Å². The summed E-state index contributed by atoms with van der Waals surface area (Å²) >= 11 is 3.42. The molecule has 0 spiro atoms.